The maximum absolute atomic E-state index is 13.1. The number of aromatic nitrogens is 1. The van der Waals surface area contributed by atoms with Crippen molar-refractivity contribution in [3.05, 3.63) is 71.9 Å². The Morgan fingerprint density at radius 3 is 2.43 bits per heavy atom. The van der Waals surface area contributed by atoms with Crippen LogP contribution in [0.4, 0.5) is 18.9 Å². The fraction of sp³-hybridized carbons (Fsp3) is 0.105. The Balaban J connectivity index is 2.05. The maximum atomic E-state index is 13.1. The molecule has 28 heavy (non-hydrogen) atoms. The Morgan fingerprint density at radius 1 is 1.07 bits per heavy atom. The number of nitrogens with zero attached hydrogens (tertiary/aromatic N) is 2. The molecular formula is C19H13F3N2O4. The van der Waals surface area contributed by atoms with E-state index in [2.05, 4.69) is 4.98 Å². The smallest absolute Gasteiger partial charge is 0.416 e. The van der Waals surface area contributed by atoms with E-state index >= 15 is 0 Å². The van der Waals surface area contributed by atoms with Crippen molar-refractivity contribution in [1.29, 1.82) is 0 Å². The lowest BCUT2D eigenvalue weighted by molar-refractivity contribution is -0.138. The lowest BCUT2D eigenvalue weighted by Crippen LogP contribution is -2.32. The van der Waals surface area contributed by atoms with Crippen LogP contribution in [0.15, 0.2) is 60.8 Å². The average Bonchev–Trinajstić information content (AvgIpc) is 2.66. The molecule has 1 N–H and O–H groups in total. The van der Waals surface area contributed by atoms with Gasteiger partial charge in [-0.15, -0.1) is 0 Å². The standard InChI is InChI=1S/C19H13F3N2O4/c20-19(21,22)13-6-7-15-14(10-13)16(8-9-23-15)24(11-17(25)26)28-18(27)12-4-2-1-3-5-12/h1-10H,11H2,(H,25,26). The van der Waals surface area contributed by atoms with Crippen LogP contribution in [0.1, 0.15) is 15.9 Å². The van der Waals surface area contributed by atoms with Crippen molar-refractivity contribution in [2.45, 2.75) is 6.18 Å². The predicted molar refractivity (Wildman–Crippen MR) is 93.6 cm³/mol. The van der Waals surface area contributed by atoms with E-state index in [0.29, 0.717) is 0 Å². The normalized spacial score (nSPS) is 11.2. The molecule has 0 saturated carbocycles. The van der Waals surface area contributed by atoms with Crippen LogP contribution >= 0.6 is 0 Å². The third-order valence-corrected chi connectivity index (χ3v) is 3.80. The maximum Gasteiger partial charge on any atom is 0.416 e. The molecule has 0 unspecified atom stereocenters. The van der Waals surface area contributed by atoms with Crippen LogP contribution in [0.5, 0.6) is 0 Å². The number of carbonyl (C=O) groups is 2. The Kier molecular flexibility index (Phi) is 5.16. The SMILES string of the molecule is O=C(O)CN(OC(=O)c1ccccc1)c1ccnc2ccc(C(F)(F)F)cc12. The highest BCUT2D eigenvalue weighted by molar-refractivity contribution is 5.95. The summed E-state index contributed by atoms with van der Waals surface area (Å²) in [7, 11) is 0. The van der Waals surface area contributed by atoms with Gasteiger partial charge >= 0.3 is 18.1 Å². The zero-order chi connectivity index (χ0) is 20.3. The van der Waals surface area contributed by atoms with E-state index in [-0.39, 0.29) is 22.2 Å². The molecule has 0 fully saturated rings. The van der Waals surface area contributed by atoms with Gasteiger partial charge in [-0.05, 0) is 36.4 Å². The Hall–Kier alpha value is -3.62. The first-order valence-corrected chi connectivity index (χ1v) is 7.98. The van der Waals surface area contributed by atoms with Gasteiger partial charge in [-0.1, -0.05) is 18.2 Å². The largest absolute Gasteiger partial charge is 0.480 e. The average molecular weight is 390 g/mol. The molecule has 1 heterocycles. The molecule has 0 saturated heterocycles. The molecule has 0 amide bonds. The van der Waals surface area contributed by atoms with Crippen molar-refractivity contribution < 1.29 is 32.7 Å². The zero-order valence-corrected chi connectivity index (χ0v) is 14.2. The van der Waals surface area contributed by atoms with Gasteiger partial charge in [-0.25, -0.2) is 4.79 Å². The second-order valence-electron chi connectivity index (χ2n) is 5.73. The highest BCUT2D eigenvalue weighted by atomic mass is 19.4. The van der Waals surface area contributed by atoms with Crippen LogP contribution in [-0.2, 0) is 15.8 Å². The summed E-state index contributed by atoms with van der Waals surface area (Å²) in [5.74, 6) is -2.18. The lowest BCUT2D eigenvalue weighted by Gasteiger charge is -2.23. The van der Waals surface area contributed by atoms with E-state index in [1.807, 2.05) is 0 Å². The molecule has 0 aliphatic heterocycles. The number of alkyl halides is 3. The van der Waals surface area contributed by atoms with E-state index in [1.54, 1.807) is 18.2 Å². The molecule has 0 spiro atoms. The monoisotopic (exact) mass is 390 g/mol. The second-order valence-corrected chi connectivity index (χ2v) is 5.73. The van der Waals surface area contributed by atoms with E-state index in [4.69, 9.17) is 9.94 Å². The van der Waals surface area contributed by atoms with Crippen molar-refractivity contribution in [2.24, 2.45) is 0 Å². The molecule has 0 bridgehead atoms. The minimum absolute atomic E-state index is 0.000522. The first kappa shape index (κ1) is 19.2. The minimum atomic E-state index is -4.60. The summed E-state index contributed by atoms with van der Waals surface area (Å²) < 4.78 is 39.2. The van der Waals surface area contributed by atoms with Gasteiger partial charge < -0.3 is 9.94 Å². The van der Waals surface area contributed by atoms with Crippen LogP contribution < -0.4 is 5.06 Å². The Bertz CT molecular complexity index is 1020. The lowest BCUT2D eigenvalue weighted by atomic mass is 10.1. The Morgan fingerprint density at radius 2 is 1.79 bits per heavy atom. The highest BCUT2D eigenvalue weighted by Crippen LogP contribution is 2.34. The van der Waals surface area contributed by atoms with Crippen LogP contribution in [0, 0.1) is 0 Å². The number of anilines is 1. The first-order valence-electron chi connectivity index (χ1n) is 7.98. The van der Waals surface area contributed by atoms with E-state index in [1.165, 1.54) is 30.5 Å². The number of hydrogen-bond acceptors (Lipinski definition) is 5. The topological polar surface area (TPSA) is 79.7 Å². The molecule has 2 aromatic carbocycles. The number of aliphatic carboxylic acids is 1. The molecule has 6 nitrogen and oxygen atoms in total. The van der Waals surface area contributed by atoms with Crippen LogP contribution in [0.3, 0.4) is 0 Å². The number of benzene rings is 2. The molecule has 3 rings (SSSR count). The summed E-state index contributed by atoms with van der Waals surface area (Å²) >= 11 is 0. The summed E-state index contributed by atoms with van der Waals surface area (Å²) in [6.45, 7) is -0.770. The molecule has 3 aromatic rings. The number of hydrogen-bond donors (Lipinski definition) is 1. The second kappa shape index (κ2) is 7.55. The number of carbonyl (C=O) groups excluding carboxylic acids is 1. The quantitative estimate of drug-likeness (QED) is 0.666. The number of hydroxylamine groups is 1. The van der Waals surface area contributed by atoms with Crippen molar-refractivity contribution in [3.8, 4) is 0 Å². The number of pyridine rings is 1. The molecule has 144 valence electrons. The fourth-order valence-electron chi connectivity index (χ4n) is 2.54. The zero-order valence-electron chi connectivity index (χ0n) is 14.2. The number of rotatable bonds is 5. The first-order chi connectivity index (χ1) is 13.3. The van der Waals surface area contributed by atoms with Crippen LogP contribution in [-0.4, -0.2) is 28.6 Å². The summed E-state index contributed by atoms with van der Waals surface area (Å²) in [5, 5.41) is 9.89. The van der Waals surface area contributed by atoms with Crippen molar-refractivity contribution in [1.82, 2.24) is 4.98 Å². The van der Waals surface area contributed by atoms with E-state index < -0.39 is 30.2 Å². The minimum Gasteiger partial charge on any atom is -0.480 e. The number of fused-ring (bicyclic) bond motifs is 1. The fourth-order valence-corrected chi connectivity index (χ4v) is 2.54. The molecule has 9 heteroatoms. The number of halogens is 3. The van der Waals surface area contributed by atoms with Crippen molar-refractivity contribution in [2.75, 3.05) is 11.6 Å². The predicted octanol–water partition coefficient (Wildman–Crippen LogP) is 3.92. The molecule has 0 aliphatic rings. The summed E-state index contributed by atoms with van der Waals surface area (Å²) in [6, 6.07) is 12.0. The van der Waals surface area contributed by atoms with E-state index in [9.17, 15) is 22.8 Å². The molecule has 0 atom stereocenters. The summed E-state index contributed by atoms with van der Waals surface area (Å²) in [4.78, 5) is 32.7. The van der Waals surface area contributed by atoms with Gasteiger partial charge in [-0.3, -0.25) is 9.78 Å². The van der Waals surface area contributed by atoms with E-state index in [0.717, 1.165) is 17.2 Å². The number of carboxylic acids is 1. The third kappa shape index (κ3) is 4.20. The van der Waals surface area contributed by atoms with Gasteiger partial charge in [0.05, 0.1) is 22.3 Å². The van der Waals surface area contributed by atoms with Gasteiger partial charge in [0.1, 0.15) is 0 Å². The van der Waals surface area contributed by atoms with Gasteiger partial charge in [0, 0.05) is 11.6 Å². The van der Waals surface area contributed by atoms with Crippen molar-refractivity contribution >= 4 is 28.5 Å². The van der Waals surface area contributed by atoms with Gasteiger partial charge in [-0.2, -0.15) is 18.2 Å². The van der Waals surface area contributed by atoms with Crippen molar-refractivity contribution in [3.63, 3.8) is 0 Å². The molecule has 0 aliphatic carbocycles. The summed E-state index contributed by atoms with van der Waals surface area (Å²) in [6.07, 6.45) is -3.31. The van der Waals surface area contributed by atoms with Crippen LogP contribution in [0.25, 0.3) is 10.9 Å². The molecular weight excluding hydrogens is 377 g/mol. The molecule has 1 aromatic heterocycles. The number of carboxylic acid groups (broad SMARTS) is 1. The van der Waals surface area contributed by atoms with Gasteiger partial charge in [0.15, 0.2) is 6.54 Å². The summed E-state index contributed by atoms with van der Waals surface area (Å²) in [5.41, 5.74) is -0.606. The third-order valence-electron chi connectivity index (χ3n) is 3.80. The van der Waals surface area contributed by atoms with Crippen LogP contribution in [0.2, 0.25) is 0 Å². The Labute approximate surface area is 156 Å². The van der Waals surface area contributed by atoms with Gasteiger partial charge in [0.25, 0.3) is 0 Å². The van der Waals surface area contributed by atoms with Gasteiger partial charge in [0.2, 0.25) is 0 Å². The molecule has 0 radical (unpaired) electrons. The highest BCUT2D eigenvalue weighted by Gasteiger charge is 2.31.